The van der Waals surface area contributed by atoms with Crippen LogP contribution in [0.5, 0.6) is 0 Å². The summed E-state index contributed by atoms with van der Waals surface area (Å²) >= 11 is 0. The molecule has 0 saturated heterocycles. The number of aromatic nitrogens is 4. The molecule has 10 nitrogen and oxygen atoms in total. The zero-order chi connectivity index (χ0) is 42.5. The van der Waals surface area contributed by atoms with E-state index < -0.39 is 35.8 Å². The lowest BCUT2D eigenvalue weighted by molar-refractivity contribution is -0.137. The second kappa shape index (κ2) is 17.6. The Kier molecular flexibility index (Phi) is 12.6. The zero-order valence-electron chi connectivity index (χ0n) is 32.6. The van der Waals surface area contributed by atoms with Crippen LogP contribution in [0.25, 0.3) is 22.1 Å². The van der Waals surface area contributed by atoms with E-state index in [4.69, 9.17) is 10.8 Å². The minimum atomic E-state index is -1.14. The standard InChI is InChI=1S/C23H21F2N3O.C13H16N2.C9H6F2N2O2/c1-15(16-3-5-17(6-4-16)23(13-26)9-2-10-23)11-18(29)12-28-14-27-20-8-7-19(24)21(25)22(20)28;1-10(15)11-3-5-12(6-4-11)13(9-14)7-2-8-13;10-5-1-2-6-9(8(5)11)13(4-12-6)3-7(14)15/h3-8,14-15H,2,9-12H2,1H3;3-6,10H,2,7-8,15H2,1H3;1-2,4H,3H2,(H,14,15). The molecule has 4 aromatic carbocycles. The van der Waals surface area contributed by atoms with E-state index in [1.807, 2.05) is 50.2 Å². The fourth-order valence-corrected chi connectivity index (χ4v) is 7.52. The van der Waals surface area contributed by atoms with E-state index in [-0.39, 0.29) is 58.1 Å². The molecule has 2 aromatic heterocycles. The van der Waals surface area contributed by atoms with E-state index in [9.17, 15) is 37.7 Å². The molecule has 2 aliphatic rings. The van der Waals surface area contributed by atoms with Gasteiger partial charge < -0.3 is 20.0 Å². The number of imidazole rings is 2. The highest BCUT2D eigenvalue weighted by molar-refractivity contribution is 5.83. The summed E-state index contributed by atoms with van der Waals surface area (Å²) in [4.78, 5) is 30.8. The Morgan fingerprint density at radius 1 is 0.712 bits per heavy atom. The van der Waals surface area contributed by atoms with Crippen molar-refractivity contribution in [2.24, 2.45) is 5.73 Å². The monoisotopic (exact) mass is 805 g/mol. The maximum atomic E-state index is 14.1. The Labute approximate surface area is 338 Å². The summed E-state index contributed by atoms with van der Waals surface area (Å²) in [6.45, 7) is 3.43. The highest BCUT2D eigenvalue weighted by Gasteiger charge is 2.39. The van der Waals surface area contributed by atoms with Gasteiger partial charge in [-0.15, -0.1) is 0 Å². The van der Waals surface area contributed by atoms with E-state index in [2.05, 4.69) is 34.2 Å². The number of carboxylic acid groups (broad SMARTS) is 1. The second-order valence-corrected chi connectivity index (χ2v) is 15.4. The molecule has 0 radical (unpaired) electrons. The SMILES string of the molecule is CC(CC(=O)Cn1cnc2ccc(F)c(F)c21)c1ccc(C2(C#N)CCC2)cc1.CC(N)c1ccc(C2(C#N)CCC2)cc1.O=C(O)Cn1cnc2ccc(F)c(F)c21. The van der Waals surface area contributed by atoms with E-state index in [1.54, 1.807) is 0 Å². The Hall–Kier alpha value is -6.38. The number of nitrogens with zero attached hydrogens (tertiary/aromatic N) is 6. The van der Waals surface area contributed by atoms with E-state index in [1.165, 1.54) is 35.8 Å². The molecular formula is C45H43F4N7O3. The predicted octanol–water partition coefficient (Wildman–Crippen LogP) is 9.07. The first-order valence-electron chi connectivity index (χ1n) is 19.3. The van der Waals surface area contributed by atoms with Crippen LogP contribution < -0.4 is 5.73 Å². The first-order valence-corrected chi connectivity index (χ1v) is 19.3. The maximum absolute atomic E-state index is 14.1. The fraction of sp³-hybridized carbons (Fsp3) is 0.333. The molecule has 14 heteroatoms. The largest absolute Gasteiger partial charge is 0.480 e. The number of halogens is 4. The van der Waals surface area contributed by atoms with Crippen molar-refractivity contribution >= 4 is 33.8 Å². The highest BCUT2D eigenvalue weighted by Crippen LogP contribution is 2.44. The van der Waals surface area contributed by atoms with Gasteiger partial charge in [-0.2, -0.15) is 10.5 Å². The first-order chi connectivity index (χ1) is 28.2. The number of aliphatic carboxylic acids is 1. The first kappa shape index (κ1) is 42.2. The number of rotatable bonds is 10. The number of fused-ring (bicyclic) bond motifs is 2. The Balaban J connectivity index is 0.000000164. The Morgan fingerprint density at radius 3 is 1.51 bits per heavy atom. The van der Waals surface area contributed by atoms with Crippen LogP contribution in [0.3, 0.4) is 0 Å². The number of hydrogen-bond donors (Lipinski definition) is 2. The van der Waals surface area contributed by atoms with Crippen LogP contribution in [0.2, 0.25) is 0 Å². The second-order valence-electron chi connectivity index (χ2n) is 15.4. The lowest BCUT2D eigenvalue weighted by atomic mass is 9.65. The van der Waals surface area contributed by atoms with E-state index in [0.717, 1.165) is 71.1 Å². The number of carboxylic acids is 1. The van der Waals surface area contributed by atoms with Crippen LogP contribution in [0.4, 0.5) is 17.6 Å². The summed E-state index contributed by atoms with van der Waals surface area (Å²) < 4.78 is 56.2. The van der Waals surface area contributed by atoms with E-state index in [0.29, 0.717) is 5.52 Å². The normalized spacial score (nSPS) is 15.8. The number of carbonyl (C=O) groups excluding carboxylic acids is 1. The summed E-state index contributed by atoms with van der Waals surface area (Å²) in [5.41, 5.74) is 10.0. The van der Waals surface area contributed by atoms with Crippen molar-refractivity contribution in [1.82, 2.24) is 19.1 Å². The zero-order valence-corrected chi connectivity index (χ0v) is 32.6. The molecule has 0 bridgehead atoms. The van der Waals surface area contributed by atoms with Crippen molar-refractivity contribution in [3.63, 3.8) is 0 Å². The predicted molar refractivity (Wildman–Crippen MR) is 213 cm³/mol. The lowest BCUT2D eigenvalue weighted by Crippen LogP contribution is -2.32. The smallest absolute Gasteiger partial charge is 0.323 e. The van der Waals surface area contributed by atoms with Gasteiger partial charge in [0, 0.05) is 12.5 Å². The summed E-state index contributed by atoms with van der Waals surface area (Å²) in [5.74, 6) is -5.29. The quantitative estimate of drug-likeness (QED) is 0.130. The lowest BCUT2D eigenvalue weighted by Gasteiger charge is -2.35. The molecule has 0 spiro atoms. The van der Waals surface area contributed by atoms with E-state index >= 15 is 0 Å². The third-order valence-corrected chi connectivity index (χ3v) is 11.4. The minimum absolute atomic E-state index is 0.0117. The molecule has 59 heavy (non-hydrogen) atoms. The molecule has 2 unspecified atom stereocenters. The van der Waals surface area contributed by atoms with Crippen LogP contribution in [0, 0.1) is 45.9 Å². The van der Waals surface area contributed by atoms with Gasteiger partial charge in [0.15, 0.2) is 29.1 Å². The van der Waals surface area contributed by atoms with Gasteiger partial charge in [0.25, 0.3) is 0 Å². The number of ketones is 1. The van der Waals surface area contributed by atoms with Gasteiger partial charge in [0.2, 0.25) is 0 Å². The Morgan fingerprint density at radius 2 is 1.14 bits per heavy atom. The molecule has 2 fully saturated rings. The number of hydrogen-bond acceptors (Lipinski definition) is 7. The third-order valence-electron chi connectivity index (χ3n) is 11.4. The average Bonchev–Trinajstić information content (AvgIpc) is 3.79. The van der Waals surface area contributed by atoms with Gasteiger partial charge >= 0.3 is 5.97 Å². The van der Waals surface area contributed by atoms with Crippen LogP contribution in [-0.2, 0) is 33.5 Å². The molecule has 304 valence electrons. The van der Waals surface area contributed by atoms with Gasteiger partial charge in [-0.3, -0.25) is 9.59 Å². The fourth-order valence-electron chi connectivity index (χ4n) is 7.52. The molecule has 3 N–H and O–H groups in total. The molecule has 8 rings (SSSR count). The number of nitrogens with two attached hydrogens (primary N) is 1. The number of Topliss-reactive ketones (excluding diaryl/α,β-unsaturated/α-hetero) is 1. The van der Waals surface area contributed by atoms with Crippen molar-refractivity contribution in [3.8, 4) is 12.1 Å². The van der Waals surface area contributed by atoms with Crippen LogP contribution in [0.15, 0.2) is 85.5 Å². The van der Waals surface area contributed by atoms with Gasteiger partial charge in [0.05, 0.1) is 53.2 Å². The topological polar surface area (TPSA) is 164 Å². The van der Waals surface area contributed by atoms with Crippen molar-refractivity contribution < 1.29 is 32.3 Å². The number of benzene rings is 4. The maximum Gasteiger partial charge on any atom is 0.323 e. The molecule has 0 aliphatic heterocycles. The Bertz CT molecular complexity index is 2560. The highest BCUT2D eigenvalue weighted by atomic mass is 19.2. The van der Waals surface area contributed by atoms with Crippen LogP contribution >= 0.6 is 0 Å². The van der Waals surface area contributed by atoms with Gasteiger partial charge in [0.1, 0.15) is 17.6 Å². The van der Waals surface area contributed by atoms with Gasteiger partial charge in [-0.05, 0) is 97.9 Å². The molecule has 6 aromatic rings. The summed E-state index contributed by atoms with van der Waals surface area (Å²) in [5, 5.41) is 27.2. The average molecular weight is 806 g/mol. The molecule has 2 heterocycles. The molecule has 2 atom stereocenters. The van der Waals surface area contributed by atoms with Gasteiger partial charge in [-0.1, -0.05) is 55.5 Å². The number of carbonyl (C=O) groups is 2. The molecule has 2 aliphatic carbocycles. The van der Waals surface area contributed by atoms with Crippen molar-refractivity contribution in [3.05, 3.63) is 131 Å². The summed E-state index contributed by atoms with van der Waals surface area (Å²) in [6.07, 6.45) is 8.85. The summed E-state index contributed by atoms with van der Waals surface area (Å²) in [7, 11) is 0. The van der Waals surface area contributed by atoms with Gasteiger partial charge in [-0.25, -0.2) is 27.5 Å². The van der Waals surface area contributed by atoms with Crippen molar-refractivity contribution in [2.45, 2.75) is 94.7 Å². The molecule has 2 saturated carbocycles. The minimum Gasteiger partial charge on any atom is -0.480 e. The molecule has 0 amide bonds. The van der Waals surface area contributed by atoms with Crippen molar-refractivity contribution in [2.75, 3.05) is 0 Å². The van der Waals surface area contributed by atoms with Crippen LogP contribution in [0.1, 0.15) is 93.0 Å². The van der Waals surface area contributed by atoms with Crippen LogP contribution in [-0.4, -0.2) is 36.0 Å². The van der Waals surface area contributed by atoms with Crippen molar-refractivity contribution in [1.29, 1.82) is 10.5 Å². The number of nitriles is 2. The summed E-state index contributed by atoms with van der Waals surface area (Å²) in [6, 6.07) is 25.8. The third kappa shape index (κ3) is 8.88. The molecular weight excluding hydrogens is 763 g/mol.